The van der Waals surface area contributed by atoms with Crippen LogP contribution in [-0.4, -0.2) is 37.6 Å². The van der Waals surface area contributed by atoms with Gasteiger partial charge in [0.2, 0.25) is 0 Å². The second-order valence-corrected chi connectivity index (χ2v) is 6.16. The molecule has 1 atom stereocenters. The highest BCUT2D eigenvalue weighted by atomic mass is 19.2. The number of fused-ring (bicyclic) bond motifs is 1. The molecule has 0 unspecified atom stereocenters. The van der Waals surface area contributed by atoms with Crippen LogP contribution in [0.5, 0.6) is 0 Å². The van der Waals surface area contributed by atoms with Crippen molar-refractivity contribution in [3.8, 4) is 0 Å². The van der Waals surface area contributed by atoms with Gasteiger partial charge in [0.1, 0.15) is 6.33 Å². The molecule has 3 aromatic rings. The standard InChI is InChI=1S/C18H17F2N5O3/c1-9-13(10(2)25-18(23-9)21-8-22-25)7-16(26)28-11(3)17(27)24-12-4-5-14(19)15(20)6-12/h4-6,8,11H,7H2,1-3H3,(H,24,27)/t11-/m1/s1. The van der Waals surface area contributed by atoms with Crippen molar-refractivity contribution < 1.29 is 23.1 Å². The smallest absolute Gasteiger partial charge is 0.311 e. The van der Waals surface area contributed by atoms with E-state index in [0.29, 0.717) is 22.7 Å². The third-order valence-corrected chi connectivity index (χ3v) is 4.17. The Kier molecular flexibility index (Phi) is 5.30. The number of amides is 1. The van der Waals surface area contributed by atoms with Gasteiger partial charge in [0.25, 0.3) is 11.7 Å². The summed E-state index contributed by atoms with van der Waals surface area (Å²) in [6.07, 6.45) is 0.120. The van der Waals surface area contributed by atoms with Crippen LogP contribution in [0.2, 0.25) is 0 Å². The number of carbonyl (C=O) groups excluding carboxylic acids is 2. The number of hydrogen-bond acceptors (Lipinski definition) is 6. The zero-order chi connectivity index (χ0) is 20.4. The number of esters is 1. The lowest BCUT2D eigenvalue weighted by molar-refractivity contribution is -0.152. The Morgan fingerprint density at radius 1 is 1.25 bits per heavy atom. The average Bonchev–Trinajstić information content (AvgIpc) is 3.10. The lowest BCUT2D eigenvalue weighted by atomic mass is 10.1. The highest BCUT2D eigenvalue weighted by Crippen LogP contribution is 2.16. The van der Waals surface area contributed by atoms with E-state index in [4.69, 9.17) is 4.74 Å². The van der Waals surface area contributed by atoms with Gasteiger partial charge in [0, 0.05) is 28.7 Å². The summed E-state index contributed by atoms with van der Waals surface area (Å²) in [6, 6.07) is 2.94. The molecule has 0 bridgehead atoms. The Bertz CT molecular complexity index is 1070. The lowest BCUT2D eigenvalue weighted by Crippen LogP contribution is -2.30. The highest BCUT2D eigenvalue weighted by Gasteiger charge is 2.21. The second kappa shape index (κ2) is 7.67. The SMILES string of the molecule is Cc1nc2ncnn2c(C)c1CC(=O)O[C@H](C)C(=O)Nc1ccc(F)c(F)c1. The molecule has 0 spiro atoms. The van der Waals surface area contributed by atoms with Crippen molar-refractivity contribution in [2.45, 2.75) is 33.3 Å². The van der Waals surface area contributed by atoms with Crippen molar-refractivity contribution in [2.75, 3.05) is 5.32 Å². The first-order chi connectivity index (χ1) is 13.3. The third-order valence-electron chi connectivity index (χ3n) is 4.17. The van der Waals surface area contributed by atoms with Gasteiger partial charge in [-0.3, -0.25) is 9.59 Å². The summed E-state index contributed by atoms with van der Waals surface area (Å²) < 4.78 is 32.8. The summed E-state index contributed by atoms with van der Waals surface area (Å²) in [5, 5.41) is 6.41. The van der Waals surface area contributed by atoms with Gasteiger partial charge < -0.3 is 10.1 Å². The van der Waals surface area contributed by atoms with E-state index in [0.717, 1.165) is 12.1 Å². The lowest BCUT2D eigenvalue weighted by Gasteiger charge is -2.15. The van der Waals surface area contributed by atoms with Crippen LogP contribution in [0.25, 0.3) is 5.78 Å². The maximum Gasteiger partial charge on any atom is 0.311 e. The van der Waals surface area contributed by atoms with Crippen molar-refractivity contribution in [3.05, 3.63) is 53.1 Å². The number of aryl methyl sites for hydroxylation is 2. The molecule has 2 aromatic heterocycles. The number of halogens is 2. The molecule has 1 N–H and O–H groups in total. The number of ether oxygens (including phenoxy) is 1. The summed E-state index contributed by atoms with van der Waals surface area (Å²) in [6.45, 7) is 4.90. The first-order valence-electron chi connectivity index (χ1n) is 8.37. The molecule has 0 aliphatic carbocycles. The molecule has 0 aliphatic rings. The molecule has 0 saturated carbocycles. The first kappa shape index (κ1) is 19.3. The van der Waals surface area contributed by atoms with Gasteiger partial charge in [-0.2, -0.15) is 10.1 Å². The fourth-order valence-electron chi connectivity index (χ4n) is 2.67. The van der Waals surface area contributed by atoms with Gasteiger partial charge >= 0.3 is 5.97 Å². The summed E-state index contributed by atoms with van der Waals surface area (Å²) in [4.78, 5) is 32.7. The van der Waals surface area contributed by atoms with Crippen molar-refractivity contribution in [1.29, 1.82) is 0 Å². The molecule has 146 valence electrons. The summed E-state index contributed by atoms with van der Waals surface area (Å²) in [5.41, 5.74) is 1.97. The number of hydrogen-bond donors (Lipinski definition) is 1. The summed E-state index contributed by atoms with van der Waals surface area (Å²) >= 11 is 0. The molecule has 2 heterocycles. The van der Waals surface area contributed by atoms with E-state index in [-0.39, 0.29) is 12.1 Å². The Labute approximate surface area is 158 Å². The highest BCUT2D eigenvalue weighted by molar-refractivity contribution is 5.95. The Morgan fingerprint density at radius 3 is 2.71 bits per heavy atom. The van der Waals surface area contributed by atoms with Gasteiger partial charge in [-0.15, -0.1) is 0 Å². The van der Waals surface area contributed by atoms with E-state index in [1.165, 1.54) is 23.8 Å². The van der Waals surface area contributed by atoms with Crippen molar-refractivity contribution in [3.63, 3.8) is 0 Å². The molecule has 1 aromatic carbocycles. The number of benzene rings is 1. The largest absolute Gasteiger partial charge is 0.452 e. The predicted octanol–water partition coefficient (Wildman–Crippen LogP) is 2.13. The van der Waals surface area contributed by atoms with Crippen LogP contribution in [0, 0.1) is 25.5 Å². The third kappa shape index (κ3) is 3.95. The van der Waals surface area contributed by atoms with E-state index in [1.807, 2.05) is 0 Å². The fraction of sp³-hybridized carbons (Fsp3) is 0.278. The first-order valence-corrected chi connectivity index (χ1v) is 8.37. The molecule has 0 saturated heterocycles. The van der Waals surface area contributed by atoms with Crippen molar-refractivity contribution in [2.24, 2.45) is 0 Å². The van der Waals surface area contributed by atoms with Gasteiger partial charge in [-0.25, -0.2) is 18.3 Å². The minimum Gasteiger partial charge on any atom is -0.452 e. The molecule has 28 heavy (non-hydrogen) atoms. The van der Waals surface area contributed by atoms with Crippen LogP contribution in [0.15, 0.2) is 24.5 Å². The molecular weight excluding hydrogens is 372 g/mol. The van der Waals surface area contributed by atoms with Crippen molar-refractivity contribution >= 4 is 23.3 Å². The van der Waals surface area contributed by atoms with E-state index >= 15 is 0 Å². The van der Waals surface area contributed by atoms with Gasteiger partial charge in [0.05, 0.1) is 6.42 Å². The topological polar surface area (TPSA) is 98.5 Å². The fourth-order valence-corrected chi connectivity index (χ4v) is 2.67. The zero-order valence-corrected chi connectivity index (χ0v) is 15.4. The number of anilines is 1. The van der Waals surface area contributed by atoms with E-state index in [1.54, 1.807) is 13.8 Å². The molecule has 1 amide bonds. The Balaban J connectivity index is 1.65. The van der Waals surface area contributed by atoms with Gasteiger partial charge in [-0.1, -0.05) is 0 Å². The maximum atomic E-state index is 13.2. The molecule has 0 radical (unpaired) electrons. The second-order valence-electron chi connectivity index (χ2n) is 6.16. The Morgan fingerprint density at radius 2 is 2.00 bits per heavy atom. The van der Waals surface area contributed by atoms with Crippen LogP contribution in [0.4, 0.5) is 14.5 Å². The van der Waals surface area contributed by atoms with Crippen LogP contribution in [-0.2, 0) is 20.7 Å². The Hall–Kier alpha value is -3.43. The van der Waals surface area contributed by atoms with Crippen LogP contribution in [0.1, 0.15) is 23.9 Å². The van der Waals surface area contributed by atoms with Crippen LogP contribution >= 0.6 is 0 Å². The minimum absolute atomic E-state index is 0.0549. The number of nitrogens with one attached hydrogen (secondary N) is 1. The zero-order valence-electron chi connectivity index (χ0n) is 15.4. The number of nitrogens with zero attached hydrogens (tertiary/aromatic N) is 4. The predicted molar refractivity (Wildman–Crippen MR) is 94.5 cm³/mol. The molecule has 3 rings (SSSR count). The minimum atomic E-state index is -1.13. The summed E-state index contributed by atoms with van der Waals surface area (Å²) in [7, 11) is 0. The average molecular weight is 389 g/mol. The molecule has 10 heteroatoms. The monoisotopic (exact) mass is 389 g/mol. The molecule has 8 nitrogen and oxygen atoms in total. The summed E-state index contributed by atoms with van der Waals surface area (Å²) in [5.74, 6) is -3.00. The van der Waals surface area contributed by atoms with E-state index in [9.17, 15) is 18.4 Å². The number of rotatable bonds is 5. The van der Waals surface area contributed by atoms with Gasteiger partial charge in [-0.05, 0) is 32.9 Å². The normalized spacial score (nSPS) is 12.0. The quantitative estimate of drug-likeness (QED) is 0.672. The molecular formula is C18H17F2N5O3. The number of carbonyl (C=O) groups is 2. The van der Waals surface area contributed by atoms with Crippen molar-refractivity contribution in [1.82, 2.24) is 19.6 Å². The maximum absolute atomic E-state index is 13.2. The molecule has 0 aliphatic heterocycles. The van der Waals surface area contributed by atoms with Crippen LogP contribution in [0.3, 0.4) is 0 Å². The van der Waals surface area contributed by atoms with Crippen LogP contribution < -0.4 is 5.32 Å². The van der Waals surface area contributed by atoms with E-state index in [2.05, 4.69) is 20.4 Å². The van der Waals surface area contributed by atoms with E-state index < -0.39 is 29.6 Å². The van der Waals surface area contributed by atoms with Gasteiger partial charge in [0.15, 0.2) is 17.7 Å². The number of aromatic nitrogens is 4. The molecule has 0 fully saturated rings.